The number of amides is 1. The molecule has 2 N–H and O–H groups in total. The highest BCUT2D eigenvalue weighted by Crippen LogP contribution is 2.41. The molecule has 0 unspecified atom stereocenters. The molecule has 0 bridgehead atoms. The second kappa shape index (κ2) is 6.49. The van der Waals surface area contributed by atoms with Crippen molar-refractivity contribution in [2.24, 2.45) is 0 Å². The molecule has 2 rings (SSSR count). The number of ketones is 1. The Balaban J connectivity index is 2.59. The highest BCUT2D eigenvalue weighted by atomic mass is 16.6. The van der Waals surface area contributed by atoms with Crippen molar-refractivity contribution >= 4 is 23.3 Å². The van der Waals surface area contributed by atoms with Gasteiger partial charge in [0.1, 0.15) is 0 Å². The van der Waals surface area contributed by atoms with Gasteiger partial charge in [0.15, 0.2) is 11.5 Å². The first-order valence-corrected chi connectivity index (χ1v) is 6.95. The zero-order valence-corrected chi connectivity index (χ0v) is 12.6. The molecule has 0 spiro atoms. The molecule has 0 aliphatic carbocycles. The number of aliphatic hydroxyl groups is 1. The fourth-order valence-electron chi connectivity index (χ4n) is 2.67. The van der Waals surface area contributed by atoms with Crippen molar-refractivity contribution in [2.75, 3.05) is 6.54 Å². The Morgan fingerprint density at radius 3 is 2.50 bits per heavy atom. The molecule has 0 radical (unpaired) electrons. The number of rotatable bonds is 6. The first kappa shape index (κ1) is 17.1. The number of nitro benzene ring substituents is 1. The van der Waals surface area contributed by atoms with Gasteiger partial charge in [0.2, 0.25) is 0 Å². The molecule has 0 fully saturated rings. The van der Waals surface area contributed by atoms with E-state index in [1.165, 1.54) is 24.3 Å². The van der Waals surface area contributed by atoms with E-state index in [1.54, 1.807) is 0 Å². The fourth-order valence-corrected chi connectivity index (χ4v) is 2.67. The molecule has 1 aliphatic rings. The van der Waals surface area contributed by atoms with Crippen LogP contribution in [0, 0.1) is 10.1 Å². The molecule has 1 aliphatic heterocycles. The van der Waals surface area contributed by atoms with Crippen molar-refractivity contribution in [3.8, 4) is 0 Å². The van der Waals surface area contributed by atoms with Crippen molar-refractivity contribution in [3.63, 3.8) is 0 Å². The Hall–Kier alpha value is -3.23. The number of carboxylic acid groups (broad SMARTS) is 1. The van der Waals surface area contributed by atoms with Crippen LogP contribution in [0.25, 0.3) is 0 Å². The van der Waals surface area contributed by atoms with E-state index < -0.39 is 40.8 Å². The number of benzene rings is 1. The molecule has 1 atom stereocenters. The highest BCUT2D eigenvalue weighted by molar-refractivity contribution is 6.08. The summed E-state index contributed by atoms with van der Waals surface area (Å²) in [6.07, 6.45) is -0.429. The zero-order chi connectivity index (χ0) is 18.0. The van der Waals surface area contributed by atoms with Crippen molar-refractivity contribution in [1.82, 2.24) is 4.90 Å². The summed E-state index contributed by atoms with van der Waals surface area (Å²) in [5.41, 5.74) is -0.570. The summed E-state index contributed by atoms with van der Waals surface area (Å²) < 4.78 is 0. The Morgan fingerprint density at radius 1 is 1.33 bits per heavy atom. The van der Waals surface area contributed by atoms with Gasteiger partial charge in [-0.05, 0) is 13.0 Å². The van der Waals surface area contributed by atoms with Crippen molar-refractivity contribution < 1.29 is 29.5 Å². The van der Waals surface area contributed by atoms with Crippen molar-refractivity contribution in [2.45, 2.75) is 19.4 Å². The quantitative estimate of drug-likeness (QED) is 0.591. The molecule has 0 saturated carbocycles. The second-order valence-corrected chi connectivity index (χ2v) is 5.18. The van der Waals surface area contributed by atoms with Gasteiger partial charge in [0, 0.05) is 12.6 Å². The van der Waals surface area contributed by atoms with Crippen LogP contribution >= 0.6 is 0 Å². The minimum absolute atomic E-state index is 0.0375. The SMILES string of the molecule is CC(=O)C1=C(O)C(=O)N(CCC(=O)O)[C@H]1c1ccccc1[N+](=O)[O-]. The van der Waals surface area contributed by atoms with E-state index in [0.29, 0.717) is 0 Å². The summed E-state index contributed by atoms with van der Waals surface area (Å²) in [6, 6.07) is 4.30. The number of carboxylic acids is 1. The number of aliphatic hydroxyl groups excluding tert-OH is 1. The van der Waals surface area contributed by atoms with Crippen LogP contribution < -0.4 is 0 Å². The predicted octanol–water partition coefficient (Wildman–Crippen LogP) is 1.35. The van der Waals surface area contributed by atoms with Gasteiger partial charge in [-0.1, -0.05) is 12.1 Å². The third-order valence-corrected chi connectivity index (χ3v) is 3.68. The lowest BCUT2D eigenvalue weighted by Crippen LogP contribution is -2.33. The lowest BCUT2D eigenvalue weighted by atomic mass is 9.95. The normalized spacial score (nSPS) is 17.3. The second-order valence-electron chi connectivity index (χ2n) is 5.18. The lowest BCUT2D eigenvalue weighted by molar-refractivity contribution is -0.385. The monoisotopic (exact) mass is 334 g/mol. The van der Waals surface area contributed by atoms with Gasteiger partial charge in [-0.25, -0.2) is 0 Å². The fraction of sp³-hybridized carbons (Fsp3) is 0.267. The molecular weight excluding hydrogens is 320 g/mol. The van der Waals surface area contributed by atoms with Gasteiger partial charge in [-0.15, -0.1) is 0 Å². The van der Waals surface area contributed by atoms with Gasteiger partial charge in [-0.3, -0.25) is 24.5 Å². The van der Waals surface area contributed by atoms with Crippen LogP contribution in [0.3, 0.4) is 0 Å². The third-order valence-electron chi connectivity index (χ3n) is 3.68. The Bertz CT molecular complexity index is 769. The molecule has 1 amide bonds. The van der Waals surface area contributed by atoms with E-state index in [2.05, 4.69) is 0 Å². The maximum Gasteiger partial charge on any atom is 0.305 e. The highest BCUT2D eigenvalue weighted by Gasteiger charge is 2.44. The molecular formula is C15H14N2O7. The van der Waals surface area contributed by atoms with E-state index in [9.17, 15) is 29.6 Å². The van der Waals surface area contributed by atoms with E-state index in [-0.39, 0.29) is 23.4 Å². The van der Waals surface area contributed by atoms with Crippen LogP contribution in [0.2, 0.25) is 0 Å². The van der Waals surface area contributed by atoms with Crippen LogP contribution in [0.15, 0.2) is 35.6 Å². The number of carbonyl (C=O) groups excluding carboxylic acids is 2. The lowest BCUT2D eigenvalue weighted by Gasteiger charge is -2.25. The van der Waals surface area contributed by atoms with Gasteiger partial charge in [-0.2, -0.15) is 0 Å². The van der Waals surface area contributed by atoms with Crippen LogP contribution in [-0.4, -0.2) is 44.2 Å². The van der Waals surface area contributed by atoms with Gasteiger partial charge in [0.05, 0.1) is 28.5 Å². The molecule has 0 aromatic heterocycles. The van der Waals surface area contributed by atoms with E-state index in [0.717, 1.165) is 11.8 Å². The molecule has 1 aromatic carbocycles. The molecule has 24 heavy (non-hydrogen) atoms. The van der Waals surface area contributed by atoms with Crippen molar-refractivity contribution in [3.05, 3.63) is 51.3 Å². The smallest absolute Gasteiger partial charge is 0.305 e. The Labute approximate surface area is 136 Å². The predicted molar refractivity (Wildman–Crippen MR) is 80.1 cm³/mol. The number of hydrogen-bond donors (Lipinski definition) is 2. The standard InChI is InChI=1S/C15H14N2O7/c1-8(18)12-13(9-4-2-3-5-10(9)17(23)24)16(7-6-11(19)20)15(22)14(12)21/h2-5,13,21H,6-7H2,1H3,(H,19,20)/t13-/m0/s1. The number of hydrogen-bond acceptors (Lipinski definition) is 6. The minimum atomic E-state index is -1.20. The van der Waals surface area contributed by atoms with Crippen LogP contribution in [0.5, 0.6) is 0 Å². The number of Topliss-reactive ketones (excluding diaryl/α,β-unsaturated/α-hetero) is 1. The maximum absolute atomic E-state index is 12.2. The van der Waals surface area contributed by atoms with E-state index in [1.807, 2.05) is 0 Å². The third kappa shape index (κ3) is 2.96. The van der Waals surface area contributed by atoms with Crippen molar-refractivity contribution in [1.29, 1.82) is 0 Å². The minimum Gasteiger partial charge on any atom is -0.503 e. The molecule has 0 saturated heterocycles. The van der Waals surface area contributed by atoms with E-state index >= 15 is 0 Å². The summed E-state index contributed by atoms with van der Waals surface area (Å²) in [4.78, 5) is 46.4. The topological polar surface area (TPSA) is 138 Å². The first-order valence-electron chi connectivity index (χ1n) is 6.95. The molecule has 126 valence electrons. The summed E-state index contributed by atoms with van der Waals surface area (Å²) in [6.45, 7) is 0.826. The van der Waals surface area contributed by atoms with E-state index in [4.69, 9.17) is 5.11 Å². The zero-order valence-electron chi connectivity index (χ0n) is 12.6. The Kier molecular flexibility index (Phi) is 4.63. The average Bonchev–Trinajstić information content (AvgIpc) is 2.77. The molecule has 1 heterocycles. The molecule has 9 nitrogen and oxygen atoms in total. The van der Waals surface area contributed by atoms with Crippen LogP contribution in [0.1, 0.15) is 24.9 Å². The summed E-state index contributed by atoms with van der Waals surface area (Å²) in [5.74, 6) is -3.54. The summed E-state index contributed by atoms with van der Waals surface area (Å²) >= 11 is 0. The average molecular weight is 334 g/mol. The van der Waals surface area contributed by atoms with Gasteiger partial charge in [0.25, 0.3) is 11.6 Å². The maximum atomic E-state index is 12.2. The summed E-state index contributed by atoms with van der Waals surface area (Å²) in [5, 5.41) is 30.0. The summed E-state index contributed by atoms with van der Waals surface area (Å²) in [7, 11) is 0. The number of carbonyl (C=O) groups is 3. The molecule has 1 aromatic rings. The molecule has 9 heteroatoms. The number of nitro groups is 1. The number of para-hydroxylation sites is 1. The largest absolute Gasteiger partial charge is 0.503 e. The van der Waals surface area contributed by atoms with Gasteiger partial charge < -0.3 is 15.1 Å². The number of aliphatic carboxylic acids is 1. The van der Waals surface area contributed by atoms with Gasteiger partial charge >= 0.3 is 5.97 Å². The number of nitrogens with zero attached hydrogens (tertiary/aromatic N) is 2. The van der Waals surface area contributed by atoms with Crippen LogP contribution in [-0.2, 0) is 14.4 Å². The van der Waals surface area contributed by atoms with Crippen LogP contribution in [0.4, 0.5) is 5.69 Å². The Morgan fingerprint density at radius 2 is 1.96 bits per heavy atom. The first-order chi connectivity index (χ1) is 11.3.